The third kappa shape index (κ3) is 4.59. The predicted octanol–water partition coefficient (Wildman–Crippen LogP) is 1.35. The van der Waals surface area contributed by atoms with E-state index in [1.165, 1.54) is 0 Å². The van der Waals surface area contributed by atoms with E-state index in [4.69, 9.17) is 5.14 Å². The number of alkyl halides is 3. The Hall–Kier alpha value is -0.820. The predicted molar refractivity (Wildman–Crippen MR) is 78.6 cm³/mol. The molecule has 0 spiro atoms. The molecule has 23 heavy (non-hydrogen) atoms. The van der Waals surface area contributed by atoms with Crippen molar-refractivity contribution in [1.29, 1.82) is 0 Å². The van der Waals surface area contributed by atoms with Crippen molar-refractivity contribution in [3.63, 3.8) is 0 Å². The molecule has 130 valence electrons. The van der Waals surface area contributed by atoms with Gasteiger partial charge in [-0.3, -0.25) is 0 Å². The van der Waals surface area contributed by atoms with Gasteiger partial charge in [-0.15, -0.1) is 0 Å². The number of thioether (sulfide) groups is 1. The van der Waals surface area contributed by atoms with Crippen molar-refractivity contribution in [3.8, 4) is 0 Å². The van der Waals surface area contributed by atoms with Gasteiger partial charge in [0.15, 0.2) is 0 Å². The van der Waals surface area contributed by atoms with Gasteiger partial charge >= 0.3 is 5.51 Å². The zero-order chi connectivity index (χ0) is 17.5. The molecule has 1 aliphatic heterocycles. The Morgan fingerprint density at radius 1 is 1.13 bits per heavy atom. The van der Waals surface area contributed by atoms with Crippen LogP contribution in [0.25, 0.3) is 0 Å². The van der Waals surface area contributed by atoms with Crippen LogP contribution >= 0.6 is 11.8 Å². The second kappa shape index (κ2) is 6.24. The van der Waals surface area contributed by atoms with Gasteiger partial charge in [-0.25, -0.2) is 22.0 Å². The molecule has 0 bridgehead atoms. The molecular weight excluding hydrogens is 377 g/mol. The molecule has 2 N–H and O–H groups in total. The zero-order valence-electron chi connectivity index (χ0n) is 11.5. The van der Waals surface area contributed by atoms with E-state index in [0.29, 0.717) is 0 Å². The van der Waals surface area contributed by atoms with Crippen molar-refractivity contribution < 1.29 is 30.0 Å². The van der Waals surface area contributed by atoms with Crippen LogP contribution in [0, 0.1) is 0 Å². The Kier molecular flexibility index (Phi) is 5.02. The molecule has 0 unspecified atom stereocenters. The summed E-state index contributed by atoms with van der Waals surface area (Å²) < 4.78 is 85.0. The van der Waals surface area contributed by atoms with Gasteiger partial charge in [0, 0.05) is 18.0 Å². The van der Waals surface area contributed by atoms with E-state index in [1.807, 2.05) is 0 Å². The van der Waals surface area contributed by atoms with Gasteiger partial charge in [-0.2, -0.15) is 17.5 Å². The molecule has 2 rings (SSSR count). The lowest BCUT2D eigenvalue weighted by atomic mass is 10.4. The molecule has 1 aliphatic rings. The maximum atomic E-state index is 12.4. The molecule has 1 saturated heterocycles. The summed E-state index contributed by atoms with van der Waals surface area (Å²) in [4.78, 5) is -0.334. The van der Waals surface area contributed by atoms with Crippen LogP contribution in [0.3, 0.4) is 0 Å². The molecule has 1 aromatic carbocycles. The minimum absolute atomic E-state index is 0.0114. The van der Waals surface area contributed by atoms with Crippen LogP contribution in [0.15, 0.2) is 34.1 Å². The molecule has 0 saturated carbocycles. The summed E-state index contributed by atoms with van der Waals surface area (Å²) in [6.07, 6.45) is 0.0834. The Labute approximate surface area is 135 Å². The Morgan fingerprint density at radius 3 is 2.13 bits per heavy atom. The monoisotopic (exact) mass is 390 g/mol. The lowest BCUT2D eigenvalue weighted by Crippen LogP contribution is -2.34. The van der Waals surface area contributed by atoms with Crippen LogP contribution < -0.4 is 5.14 Å². The van der Waals surface area contributed by atoms with Crippen LogP contribution in [0.1, 0.15) is 6.42 Å². The number of nitrogens with zero attached hydrogens (tertiary/aromatic N) is 1. The first kappa shape index (κ1) is 18.5. The lowest BCUT2D eigenvalue weighted by molar-refractivity contribution is -0.0328. The summed E-state index contributed by atoms with van der Waals surface area (Å²) in [7, 11) is -7.81. The van der Waals surface area contributed by atoms with Crippen LogP contribution in [0.2, 0.25) is 0 Å². The molecule has 1 heterocycles. The minimum atomic E-state index is -4.46. The molecule has 1 aromatic rings. The topological polar surface area (TPSA) is 97.5 Å². The van der Waals surface area contributed by atoms with Crippen molar-refractivity contribution in [2.45, 2.75) is 27.0 Å². The molecule has 1 atom stereocenters. The van der Waals surface area contributed by atoms with Crippen molar-refractivity contribution >= 4 is 31.8 Å². The van der Waals surface area contributed by atoms with Crippen molar-refractivity contribution in [2.24, 2.45) is 5.14 Å². The normalized spacial score (nSPS) is 20.8. The number of benzene rings is 1. The highest BCUT2D eigenvalue weighted by Gasteiger charge is 2.37. The van der Waals surface area contributed by atoms with E-state index < -0.39 is 30.8 Å². The van der Waals surface area contributed by atoms with Crippen LogP contribution in [0.4, 0.5) is 13.2 Å². The van der Waals surface area contributed by atoms with E-state index in [0.717, 1.165) is 28.6 Å². The van der Waals surface area contributed by atoms with Gasteiger partial charge in [0.25, 0.3) is 0 Å². The van der Waals surface area contributed by atoms with Gasteiger partial charge in [-0.1, -0.05) is 0 Å². The molecule has 1 fully saturated rings. The van der Waals surface area contributed by atoms with E-state index in [9.17, 15) is 30.0 Å². The molecule has 6 nitrogen and oxygen atoms in total. The zero-order valence-corrected chi connectivity index (χ0v) is 14.0. The number of primary sulfonamides is 1. The number of hydrogen-bond donors (Lipinski definition) is 1. The second-order valence-electron chi connectivity index (χ2n) is 4.88. The van der Waals surface area contributed by atoms with Gasteiger partial charge in [-0.05, 0) is 42.4 Å². The summed E-state index contributed by atoms with van der Waals surface area (Å²) in [5.74, 6) is 0. The van der Waals surface area contributed by atoms with Crippen molar-refractivity contribution in [3.05, 3.63) is 24.3 Å². The number of halogens is 3. The van der Waals surface area contributed by atoms with Crippen LogP contribution in [-0.4, -0.2) is 45.0 Å². The molecule has 0 aliphatic carbocycles. The first-order valence-electron chi connectivity index (χ1n) is 6.27. The van der Waals surface area contributed by atoms with E-state index in [1.54, 1.807) is 0 Å². The highest BCUT2D eigenvalue weighted by Crippen LogP contribution is 2.37. The average molecular weight is 390 g/mol. The Morgan fingerprint density at radius 2 is 1.70 bits per heavy atom. The lowest BCUT2D eigenvalue weighted by Gasteiger charge is -2.16. The molecule has 0 amide bonds. The summed E-state index contributed by atoms with van der Waals surface area (Å²) in [6.45, 7) is -0.275. The van der Waals surface area contributed by atoms with Crippen LogP contribution in [-0.2, 0) is 20.0 Å². The van der Waals surface area contributed by atoms with Crippen molar-refractivity contribution in [2.75, 3.05) is 13.1 Å². The number of rotatable bonds is 4. The highest BCUT2D eigenvalue weighted by atomic mass is 32.2. The summed E-state index contributed by atoms with van der Waals surface area (Å²) in [5, 5.41) is 4.03. The first-order valence-corrected chi connectivity index (χ1v) is 10.1. The fourth-order valence-electron chi connectivity index (χ4n) is 2.15. The summed E-state index contributed by atoms with van der Waals surface area (Å²) in [5.41, 5.74) is -4.46. The minimum Gasteiger partial charge on any atom is -0.228 e. The van der Waals surface area contributed by atoms with Crippen molar-refractivity contribution in [1.82, 2.24) is 4.31 Å². The Bertz CT molecular complexity index is 776. The van der Waals surface area contributed by atoms with Gasteiger partial charge in [0.2, 0.25) is 20.0 Å². The van der Waals surface area contributed by atoms with Gasteiger partial charge in [0.05, 0.1) is 10.1 Å². The molecule has 0 aromatic heterocycles. The van der Waals surface area contributed by atoms with Gasteiger partial charge < -0.3 is 0 Å². The summed E-state index contributed by atoms with van der Waals surface area (Å²) >= 11 is -0.348. The highest BCUT2D eigenvalue weighted by molar-refractivity contribution is 8.00. The third-order valence-electron chi connectivity index (χ3n) is 3.27. The van der Waals surface area contributed by atoms with E-state index in [-0.39, 0.29) is 41.1 Å². The number of nitrogens with two attached hydrogens (primary N) is 1. The first-order chi connectivity index (χ1) is 10.4. The second-order valence-corrected chi connectivity index (χ2v) is 9.80. The largest absolute Gasteiger partial charge is 0.446 e. The van der Waals surface area contributed by atoms with Gasteiger partial charge in [0.1, 0.15) is 0 Å². The fraction of sp³-hybridized carbons (Fsp3) is 0.455. The molecule has 0 radical (unpaired) electrons. The Balaban J connectivity index is 2.18. The van der Waals surface area contributed by atoms with Crippen LogP contribution in [0.5, 0.6) is 0 Å². The SMILES string of the molecule is NS(=O)(=O)[C@H]1CCN(S(=O)(=O)c2ccc(SC(F)(F)F)cc2)C1. The smallest absolute Gasteiger partial charge is 0.228 e. The fourth-order valence-corrected chi connectivity index (χ4v) is 5.10. The average Bonchev–Trinajstić information content (AvgIpc) is 2.87. The van der Waals surface area contributed by atoms with E-state index in [2.05, 4.69) is 0 Å². The number of hydrogen-bond acceptors (Lipinski definition) is 5. The standard InChI is InChI=1S/C11H13F3N2O4S3/c12-11(13,14)21-8-1-3-9(4-2-8)23(19,20)16-6-5-10(7-16)22(15,17)18/h1-4,10H,5-7H2,(H2,15,17,18)/t10-/m0/s1. The maximum absolute atomic E-state index is 12.4. The number of sulfonamides is 2. The molecule has 12 heteroatoms. The maximum Gasteiger partial charge on any atom is 0.446 e. The summed E-state index contributed by atoms with van der Waals surface area (Å²) in [6, 6.07) is 4.23. The quantitative estimate of drug-likeness (QED) is 0.783. The van der Waals surface area contributed by atoms with E-state index >= 15 is 0 Å². The molecular formula is C11H13F3N2O4S3. The third-order valence-corrected chi connectivity index (χ3v) is 7.20.